The predicted octanol–water partition coefficient (Wildman–Crippen LogP) is 1.47. The van der Waals surface area contributed by atoms with Crippen LogP contribution >= 0.6 is 0 Å². The summed E-state index contributed by atoms with van der Waals surface area (Å²) < 4.78 is 1.86. The molecule has 118 valence electrons. The van der Waals surface area contributed by atoms with Crippen LogP contribution in [0.4, 0.5) is 0 Å². The maximum Gasteiger partial charge on any atom is 0.245 e. The lowest BCUT2D eigenvalue weighted by molar-refractivity contribution is -0.135. The van der Waals surface area contributed by atoms with Gasteiger partial charge in [0.25, 0.3) is 0 Å². The molecule has 0 fully saturated rings. The lowest BCUT2D eigenvalue weighted by Gasteiger charge is -2.23. The fourth-order valence-electron chi connectivity index (χ4n) is 2.27. The molecule has 0 aliphatic heterocycles. The van der Waals surface area contributed by atoms with Crippen LogP contribution in [0.3, 0.4) is 0 Å². The summed E-state index contributed by atoms with van der Waals surface area (Å²) in [6, 6.07) is -0.445. The molecule has 0 spiro atoms. The molecule has 0 saturated carbocycles. The fourth-order valence-corrected chi connectivity index (χ4v) is 2.27. The average Bonchev–Trinajstić information content (AvgIpc) is 2.77. The smallest absolute Gasteiger partial charge is 0.245 e. The monoisotopic (exact) mass is 294 g/mol. The largest absolute Gasteiger partial charge is 0.345 e. The second kappa shape index (κ2) is 7.81. The Balaban J connectivity index is 2.75. The summed E-state index contributed by atoms with van der Waals surface area (Å²) in [7, 11) is 1.76. The van der Waals surface area contributed by atoms with Gasteiger partial charge in [-0.1, -0.05) is 13.3 Å². The molecule has 2 amide bonds. The van der Waals surface area contributed by atoms with Crippen molar-refractivity contribution in [3.05, 3.63) is 17.5 Å². The minimum atomic E-state index is -0.445. The number of carbonyl (C=O) groups is 2. The Bertz CT molecular complexity index is 496. The van der Waals surface area contributed by atoms with Gasteiger partial charge in [-0.2, -0.15) is 5.10 Å². The first-order chi connectivity index (χ1) is 9.88. The molecule has 6 heteroatoms. The quantitative estimate of drug-likeness (QED) is 0.828. The van der Waals surface area contributed by atoms with Gasteiger partial charge >= 0.3 is 0 Å². The Morgan fingerprint density at radius 2 is 2.10 bits per heavy atom. The van der Waals surface area contributed by atoms with E-state index in [2.05, 4.69) is 10.4 Å². The van der Waals surface area contributed by atoms with Crippen molar-refractivity contribution in [2.75, 3.05) is 7.05 Å². The van der Waals surface area contributed by atoms with Crippen molar-refractivity contribution in [1.82, 2.24) is 20.0 Å². The molecule has 0 unspecified atom stereocenters. The van der Waals surface area contributed by atoms with Gasteiger partial charge in [0.2, 0.25) is 11.8 Å². The van der Waals surface area contributed by atoms with Crippen LogP contribution in [0.1, 0.15) is 44.9 Å². The van der Waals surface area contributed by atoms with Gasteiger partial charge in [0.1, 0.15) is 6.04 Å². The van der Waals surface area contributed by atoms with Gasteiger partial charge in [0.15, 0.2) is 0 Å². The van der Waals surface area contributed by atoms with Crippen LogP contribution in [0.15, 0.2) is 6.20 Å². The highest BCUT2D eigenvalue weighted by Crippen LogP contribution is 2.10. The van der Waals surface area contributed by atoms with E-state index in [0.717, 1.165) is 24.2 Å². The van der Waals surface area contributed by atoms with Gasteiger partial charge in [-0.15, -0.1) is 0 Å². The van der Waals surface area contributed by atoms with Crippen molar-refractivity contribution in [3.8, 4) is 0 Å². The average molecular weight is 294 g/mol. The molecule has 0 aliphatic rings. The number of rotatable bonds is 7. The van der Waals surface area contributed by atoms with Gasteiger partial charge in [-0.25, -0.2) is 0 Å². The van der Waals surface area contributed by atoms with E-state index < -0.39 is 6.04 Å². The summed E-state index contributed by atoms with van der Waals surface area (Å²) >= 11 is 0. The summed E-state index contributed by atoms with van der Waals surface area (Å²) in [5.74, 6) is -0.235. The van der Waals surface area contributed by atoms with Crippen molar-refractivity contribution < 1.29 is 9.59 Å². The number of aryl methyl sites for hydroxylation is 2. The van der Waals surface area contributed by atoms with Crippen LogP contribution in [-0.2, 0) is 22.7 Å². The van der Waals surface area contributed by atoms with Crippen molar-refractivity contribution in [2.45, 2.75) is 59.7 Å². The molecule has 21 heavy (non-hydrogen) atoms. The maximum atomic E-state index is 12.4. The van der Waals surface area contributed by atoms with Crippen LogP contribution in [0.2, 0.25) is 0 Å². The summed E-state index contributed by atoms with van der Waals surface area (Å²) in [5, 5.41) is 7.11. The zero-order valence-electron chi connectivity index (χ0n) is 13.6. The van der Waals surface area contributed by atoms with Gasteiger partial charge in [0.05, 0.1) is 5.69 Å². The van der Waals surface area contributed by atoms with E-state index in [1.165, 1.54) is 6.92 Å². The molecule has 6 nitrogen and oxygen atoms in total. The Hall–Kier alpha value is -1.85. The molecule has 1 rings (SSSR count). The minimum absolute atomic E-state index is 0.0595. The molecule has 1 aromatic rings. The van der Waals surface area contributed by atoms with Crippen LogP contribution in [0.25, 0.3) is 0 Å². The fraction of sp³-hybridized carbons (Fsp3) is 0.667. The number of hydrogen-bond acceptors (Lipinski definition) is 3. The first kappa shape index (κ1) is 17.2. The van der Waals surface area contributed by atoms with Crippen LogP contribution in [0, 0.1) is 6.92 Å². The summed E-state index contributed by atoms with van der Waals surface area (Å²) in [6.45, 7) is 8.71. The number of carbonyl (C=O) groups excluding carboxylic acids is 2. The molecule has 0 radical (unpaired) electrons. The zero-order chi connectivity index (χ0) is 16.0. The molecule has 1 aromatic heterocycles. The first-order valence-electron chi connectivity index (χ1n) is 7.44. The SMILES string of the molecule is CCC[C@@H](NC(C)=O)C(=O)N(C)Cc1cn(CC)nc1C. The van der Waals surface area contributed by atoms with E-state index in [1.54, 1.807) is 11.9 Å². The van der Waals surface area contributed by atoms with Crippen molar-refractivity contribution >= 4 is 11.8 Å². The minimum Gasteiger partial charge on any atom is -0.345 e. The number of amides is 2. The second-order valence-corrected chi connectivity index (χ2v) is 5.33. The van der Waals surface area contributed by atoms with E-state index >= 15 is 0 Å². The third-order valence-corrected chi connectivity index (χ3v) is 3.41. The summed E-state index contributed by atoms with van der Waals surface area (Å²) in [6.07, 6.45) is 3.46. The van der Waals surface area contributed by atoms with Crippen molar-refractivity contribution in [1.29, 1.82) is 0 Å². The third kappa shape index (κ3) is 4.88. The van der Waals surface area contributed by atoms with Crippen LogP contribution in [-0.4, -0.2) is 39.6 Å². The van der Waals surface area contributed by atoms with Crippen molar-refractivity contribution in [3.63, 3.8) is 0 Å². The maximum absolute atomic E-state index is 12.4. The summed E-state index contributed by atoms with van der Waals surface area (Å²) in [5.41, 5.74) is 1.97. The van der Waals surface area contributed by atoms with E-state index in [0.29, 0.717) is 13.0 Å². The molecule has 1 N–H and O–H groups in total. The van der Waals surface area contributed by atoms with Crippen LogP contribution in [0.5, 0.6) is 0 Å². The molecule has 0 aliphatic carbocycles. The predicted molar refractivity (Wildman–Crippen MR) is 81.6 cm³/mol. The van der Waals surface area contributed by atoms with Gasteiger partial charge in [0, 0.05) is 38.8 Å². The number of nitrogens with one attached hydrogen (secondary N) is 1. The number of aromatic nitrogens is 2. The number of likely N-dealkylation sites (N-methyl/N-ethyl adjacent to an activating group) is 1. The highest BCUT2D eigenvalue weighted by Gasteiger charge is 2.22. The van der Waals surface area contributed by atoms with E-state index in [-0.39, 0.29) is 11.8 Å². The Labute approximate surface area is 126 Å². The van der Waals surface area contributed by atoms with E-state index in [9.17, 15) is 9.59 Å². The van der Waals surface area contributed by atoms with Gasteiger partial charge in [-0.3, -0.25) is 14.3 Å². The molecule has 0 saturated heterocycles. The second-order valence-electron chi connectivity index (χ2n) is 5.33. The topological polar surface area (TPSA) is 67.2 Å². The standard InChI is InChI=1S/C15H26N4O2/c1-6-8-14(16-12(4)20)15(21)18(5)9-13-10-19(7-2)17-11(13)3/h10,14H,6-9H2,1-5H3,(H,16,20)/t14-/m1/s1. The lowest BCUT2D eigenvalue weighted by Crippen LogP contribution is -2.46. The number of nitrogens with zero attached hydrogens (tertiary/aromatic N) is 3. The molecular weight excluding hydrogens is 268 g/mol. The molecule has 1 atom stereocenters. The van der Waals surface area contributed by atoms with E-state index in [1.807, 2.05) is 31.6 Å². The van der Waals surface area contributed by atoms with Crippen molar-refractivity contribution in [2.24, 2.45) is 0 Å². The molecule has 1 heterocycles. The molecular formula is C15H26N4O2. The molecule has 0 bridgehead atoms. The number of hydrogen-bond donors (Lipinski definition) is 1. The van der Waals surface area contributed by atoms with Crippen LogP contribution < -0.4 is 5.32 Å². The Morgan fingerprint density at radius 3 is 2.57 bits per heavy atom. The normalized spacial score (nSPS) is 12.0. The zero-order valence-corrected chi connectivity index (χ0v) is 13.6. The third-order valence-electron chi connectivity index (χ3n) is 3.41. The highest BCUT2D eigenvalue weighted by molar-refractivity contribution is 5.86. The summed E-state index contributed by atoms with van der Waals surface area (Å²) in [4.78, 5) is 25.3. The van der Waals surface area contributed by atoms with E-state index in [4.69, 9.17) is 0 Å². The Kier molecular flexibility index (Phi) is 6.39. The Morgan fingerprint density at radius 1 is 1.43 bits per heavy atom. The molecule has 0 aromatic carbocycles. The first-order valence-corrected chi connectivity index (χ1v) is 7.44. The highest BCUT2D eigenvalue weighted by atomic mass is 16.2. The van der Waals surface area contributed by atoms with Gasteiger partial charge in [-0.05, 0) is 20.3 Å². The lowest BCUT2D eigenvalue weighted by atomic mass is 10.1. The van der Waals surface area contributed by atoms with Gasteiger partial charge < -0.3 is 10.2 Å².